The highest BCUT2D eigenvalue weighted by molar-refractivity contribution is 6.10. The number of Topliss-reactive ketones (excluding diaryl/α,β-unsaturated/α-hetero) is 1. The number of aromatic nitrogens is 1. The summed E-state index contributed by atoms with van der Waals surface area (Å²) in [5.74, 6) is 0.219. The van der Waals surface area contributed by atoms with E-state index in [2.05, 4.69) is 45.1 Å². The summed E-state index contributed by atoms with van der Waals surface area (Å²) in [6.07, 6.45) is 0. The van der Waals surface area contributed by atoms with Gasteiger partial charge in [-0.1, -0.05) is 48.5 Å². The van der Waals surface area contributed by atoms with Crippen molar-refractivity contribution in [1.29, 1.82) is 0 Å². The number of rotatable bonds is 5. The van der Waals surface area contributed by atoms with Crippen LogP contribution in [0, 0.1) is 6.92 Å². The lowest BCUT2D eigenvalue weighted by Crippen LogP contribution is -2.47. The number of piperazine rings is 1. The fourth-order valence-corrected chi connectivity index (χ4v) is 3.87. The Morgan fingerprint density at radius 3 is 2.35 bits per heavy atom. The number of hydrogen-bond donors (Lipinski definition) is 1. The molecule has 0 spiro atoms. The lowest BCUT2D eigenvalue weighted by molar-refractivity contribution is 0.0845. The molecule has 2 heterocycles. The van der Waals surface area contributed by atoms with E-state index in [0.29, 0.717) is 6.54 Å². The van der Waals surface area contributed by atoms with E-state index < -0.39 is 0 Å². The summed E-state index contributed by atoms with van der Waals surface area (Å²) in [5, 5.41) is 1.04. The van der Waals surface area contributed by atoms with Crippen LogP contribution >= 0.6 is 0 Å². The van der Waals surface area contributed by atoms with Gasteiger partial charge in [0.2, 0.25) is 0 Å². The molecular formula is C22H25N3O. The summed E-state index contributed by atoms with van der Waals surface area (Å²) in [6.45, 7) is 7.39. The molecule has 1 N–H and O–H groups in total. The van der Waals surface area contributed by atoms with Crippen LogP contribution in [0.4, 0.5) is 0 Å². The molecule has 0 radical (unpaired) electrons. The van der Waals surface area contributed by atoms with Gasteiger partial charge >= 0.3 is 0 Å². The number of hydrogen-bond acceptors (Lipinski definition) is 3. The van der Waals surface area contributed by atoms with Gasteiger partial charge in [-0.3, -0.25) is 14.6 Å². The smallest absolute Gasteiger partial charge is 0.179 e. The van der Waals surface area contributed by atoms with Crippen LogP contribution in [0.2, 0.25) is 0 Å². The molecule has 0 atom stereocenters. The first-order valence-electron chi connectivity index (χ1n) is 9.30. The maximum absolute atomic E-state index is 12.9. The minimum atomic E-state index is 0.219. The first kappa shape index (κ1) is 17.0. The molecule has 134 valence electrons. The highest BCUT2D eigenvalue weighted by atomic mass is 16.1. The molecule has 1 aliphatic rings. The predicted octanol–water partition coefficient (Wildman–Crippen LogP) is 3.48. The second-order valence-electron chi connectivity index (χ2n) is 7.13. The van der Waals surface area contributed by atoms with Crippen LogP contribution in [0.5, 0.6) is 0 Å². The third kappa shape index (κ3) is 3.57. The Balaban J connectivity index is 1.37. The standard InChI is InChI=1S/C22H25N3O/c1-17-22(19-9-5-6-10-20(19)23-17)21(26)16-25-13-11-24(12-14-25)15-18-7-3-2-4-8-18/h2-10,23H,11-16H2,1H3. The van der Waals surface area contributed by atoms with Crippen LogP contribution in [0.1, 0.15) is 21.6 Å². The average molecular weight is 347 g/mol. The van der Waals surface area contributed by atoms with E-state index in [-0.39, 0.29) is 5.78 Å². The molecule has 0 amide bonds. The van der Waals surface area contributed by atoms with Gasteiger partial charge in [0, 0.05) is 54.9 Å². The van der Waals surface area contributed by atoms with Crippen molar-refractivity contribution in [2.24, 2.45) is 0 Å². The van der Waals surface area contributed by atoms with E-state index in [1.807, 2.05) is 31.2 Å². The number of nitrogens with one attached hydrogen (secondary N) is 1. The van der Waals surface area contributed by atoms with Gasteiger partial charge < -0.3 is 4.98 Å². The summed E-state index contributed by atoms with van der Waals surface area (Å²) < 4.78 is 0. The molecule has 0 bridgehead atoms. The molecule has 0 unspecified atom stereocenters. The largest absolute Gasteiger partial charge is 0.358 e. The summed E-state index contributed by atoms with van der Waals surface area (Å²) in [5.41, 5.74) is 4.22. The maximum Gasteiger partial charge on any atom is 0.179 e. The predicted molar refractivity (Wildman–Crippen MR) is 106 cm³/mol. The molecule has 4 nitrogen and oxygen atoms in total. The van der Waals surface area contributed by atoms with Gasteiger partial charge in [0.05, 0.1) is 6.54 Å². The van der Waals surface area contributed by atoms with E-state index >= 15 is 0 Å². The van der Waals surface area contributed by atoms with Crippen LogP contribution in [0.25, 0.3) is 10.9 Å². The fourth-order valence-electron chi connectivity index (χ4n) is 3.87. The first-order chi connectivity index (χ1) is 12.7. The maximum atomic E-state index is 12.9. The zero-order chi connectivity index (χ0) is 17.9. The summed E-state index contributed by atoms with van der Waals surface area (Å²) in [7, 11) is 0. The number of fused-ring (bicyclic) bond motifs is 1. The lowest BCUT2D eigenvalue weighted by Gasteiger charge is -2.34. The average Bonchev–Trinajstić information content (AvgIpc) is 3.00. The number of aryl methyl sites for hydroxylation is 1. The highest BCUT2D eigenvalue weighted by Crippen LogP contribution is 2.22. The van der Waals surface area contributed by atoms with E-state index in [1.54, 1.807) is 0 Å². The molecule has 0 saturated carbocycles. The van der Waals surface area contributed by atoms with Crippen LogP contribution < -0.4 is 0 Å². The second-order valence-corrected chi connectivity index (χ2v) is 7.13. The van der Waals surface area contributed by atoms with Gasteiger partial charge in [-0.25, -0.2) is 0 Å². The summed E-state index contributed by atoms with van der Waals surface area (Å²) in [6, 6.07) is 18.6. The zero-order valence-electron chi connectivity index (χ0n) is 15.2. The Bertz CT molecular complexity index is 892. The normalized spacial score (nSPS) is 16.2. The third-order valence-corrected chi connectivity index (χ3v) is 5.25. The Hall–Kier alpha value is -2.43. The Morgan fingerprint density at radius 1 is 0.923 bits per heavy atom. The van der Waals surface area contributed by atoms with Crippen molar-refractivity contribution < 1.29 is 4.79 Å². The van der Waals surface area contributed by atoms with Gasteiger partial charge in [0.15, 0.2) is 5.78 Å². The van der Waals surface area contributed by atoms with Gasteiger partial charge in [-0.15, -0.1) is 0 Å². The number of carbonyl (C=O) groups is 1. The Morgan fingerprint density at radius 2 is 1.58 bits per heavy atom. The molecule has 0 aliphatic carbocycles. The number of aromatic amines is 1. The van der Waals surface area contributed by atoms with E-state index in [4.69, 9.17) is 0 Å². The van der Waals surface area contributed by atoms with Crippen molar-refractivity contribution in [1.82, 2.24) is 14.8 Å². The Labute approximate surface area is 154 Å². The molecule has 4 heteroatoms. The molecule has 2 aromatic carbocycles. The van der Waals surface area contributed by atoms with E-state index in [0.717, 1.165) is 54.9 Å². The Kier molecular flexibility index (Phi) is 4.87. The summed E-state index contributed by atoms with van der Waals surface area (Å²) >= 11 is 0. The van der Waals surface area contributed by atoms with Crippen LogP contribution in [-0.4, -0.2) is 53.3 Å². The quantitative estimate of drug-likeness (QED) is 0.718. The van der Waals surface area contributed by atoms with Gasteiger partial charge in [-0.05, 0) is 18.6 Å². The molecule has 1 saturated heterocycles. The van der Waals surface area contributed by atoms with Crippen molar-refractivity contribution in [3.63, 3.8) is 0 Å². The van der Waals surface area contributed by atoms with E-state index in [1.165, 1.54) is 5.56 Å². The van der Waals surface area contributed by atoms with Crippen molar-refractivity contribution in [2.45, 2.75) is 13.5 Å². The molecule has 1 aromatic heterocycles. The first-order valence-corrected chi connectivity index (χ1v) is 9.30. The second kappa shape index (κ2) is 7.44. The van der Waals surface area contributed by atoms with Crippen LogP contribution in [-0.2, 0) is 6.54 Å². The molecule has 26 heavy (non-hydrogen) atoms. The molecular weight excluding hydrogens is 322 g/mol. The van der Waals surface area contributed by atoms with Crippen molar-refractivity contribution >= 4 is 16.7 Å². The van der Waals surface area contributed by atoms with E-state index in [9.17, 15) is 4.79 Å². The number of carbonyl (C=O) groups excluding carboxylic acids is 1. The number of nitrogens with zero attached hydrogens (tertiary/aromatic N) is 2. The van der Waals surface area contributed by atoms with Gasteiger partial charge in [-0.2, -0.15) is 0 Å². The number of ketones is 1. The minimum Gasteiger partial charge on any atom is -0.358 e. The zero-order valence-corrected chi connectivity index (χ0v) is 15.2. The minimum absolute atomic E-state index is 0.219. The molecule has 3 aromatic rings. The van der Waals surface area contributed by atoms with Crippen molar-refractivity contribution in [3.05, 3.63) is 71.4 Å². The van der Waals surface area contributed by atoms with Gasteiger partial charge in [0.25, 0.3) is 0 Å². The summed E-state index contributed by atoms with van der Waals surface area (Å²) in [4.78, 5) is 21.0. The SMILES string of the molecule is Cc1[nH]c2ccccc2c1C(=O)CN1CCN(Cc2ccccc2)CC1. The number of H-pyrrole nitrogens is 1. The van der Waals surface area contributed by atoms with Crippen LogP contribution in [0.3, 0.4) is 0 Å². The monoisotopic (exact) mass is 347 g/mol. The lowest BCUT2D eigenvalue weighted by atomic mass is 10.1. The van der Waals surface area contributed by atoms with Gasteiger partial charge in [0.1, 0.15) is 0 Å². The third-order valence-electron chi connectivity index (χ3n) is 5.25. The van der Waals surface area contributed by atoms with Crippen LogP contribution in [0.15, 0.2) is 54.6 Å². The topological polar surface area (TPSA) is 39.3 Å². The van der Waals surface area contributed by atoms with Crippen molar-refractivity contribution in [2.75, 3.05) is 32.7 Å². The number of benzene rings is 2. The molecule has 4 rings (SSSR count). The molecule has 1 fully saturated rings. The molecule has 1 aliphatic heterocycles. The fraction of sp³-hybridized carbons (Fsp3) is 0.318. The highest BCUT2D eigenvalue weighted by Gasteiger charge is 2.22. The number of para-hydroxylation sites is 1. The van der Waals surface area contributed by atoms with Crippen molar-refractivity contribution in [3.8, 4) is 0 Å².